The molecule has 3 nitrogen and oxygen atoms in total. The first-order valence-electron chi connectivity index (χ1n) is 4.25. The molecule has 0 aliphatic rings. The molecule has 1 aromatic rings. The molecule has 0 aromatic heterocycles. The van der Waals surface area contributed by atoms with E-state index in [0.717, 1.165) is 0 Å². The second-order valence-corrected chi connectivity index (χ2v) is 3.95. The van der Waals surface area contributed by atoms with E-state index >= 15 is 0 Å². The standard InChI is InChI=1S/C10H10Cl2O3/c1-5(13)9(14)10(15)8-6(11)3-2-4-7(8)12/h2-4,9-10,14-15H,1H3/t9-,10-/m0/s1. The summed E-state index contributed by atoms with van der Waals surface area (Å²) in [4.78, 5) is 10.9. The summed E-state index contributed by atoms with van der Waals surface area (Å²) in [5.74, 6) is -0.543. The number of rotatable bonds is 3. The number of benzene rings is 1. The number of Topliss-reactive ketones (excluding diaryl/α,β-unsaturated/α-hetero) is 1. The van der Waals surface area contributed by atoms with E-state index in [1.807, 2.05) is 0 Å². The van der Waals surface area contributed by atoms with Crippen LogP contribution in [0.15, 0.2) is 18.2 Å². The van der Waals surface area contributed by atoms with Gasteiger partial charge < -0.3 is 10.2 Å². The third-order valence-corrected chi connectivity index (χ3v) is 2.67. The zero-order valence-corrected chi connectivity index (χ0v) is 9.46. The van der Waals surface area contributed by atoms with Gasteiger partial charge in [-0.3, -0.25) is 4.79 Å². The van der Waals surface area contributed by atoms with Gasteiger partial charge in [-0.1, -0.05) is 29.3 Å². The molecule has 15 heavy (non-hydrogen) atoms. The first-order chi connectivity index (χ1) is 6.95. The monoisotopic (exact) mass is 248 g/mol. The topological polar surface area (TPSA) is 57.5 Å². The third kappa shape index (κ3) is 2.69. The smallest absolute Gasteiger partial charge is 0.161 e. The SMILES string of the molecule is CC(=O)[C@H](O)[C@@H](O)c1c(Cl)cccc1Cl. The molecule has 0 saturated carbocycles. The first kappa shape index (κ1) is 12.5. The van der Waals surface area contributed by atoms with Crippen LogP contribution in [0.5, 0.6) is 0 Å². The van der Waals surface area contributed by atoms with Gasteiger partial charge in [-0.25, -0.2) is 0 Å². The number of carbonyl (C=O) groups is 1. The van der Waals surface area contributed by atoms with Crippen molar-refractivity contribution in [3.63, 3.8) is 0 Å². The Morgan fingerprint density at radius 1 is 1.27 bits per heavy atom. The summed E-state index contributed by atoms with van der Waals surface area (Å²) in [7, 11) is 0. The van der Waals surface area contributed by atoms with E-state index in [0.29, 0.717) is 0 Å². The molecule has 0 spiro atoms. The largest absolute Gasteiger partial charge is 0.385 e. The second-order valence-electron chi connectivity index (χ2n) is 3.14. The summed E-state index contributed by atoms with van der Waals surface area (Å²) >= 11 is 11.6. The lowest BCUT2D eigenvalue weighted by atomic mass is 10.0. The van der Waals surface area contributed by atoms with Crippen molar-refractivity contribution in [2.75, 3.05) is 0 Å². The number of hydrogen-bond donors (Lipinski definition) is 2. The average molecular weight is 249 g/mol. The van der Waals surface area contributed by atoms with Gasteiger partial charge in [0.2, 0.25) is 0 Å². The van der Waals surface area contributed by atoms with Crippen LogP contribution < -0.4 is 0 Å². The maximum absolute atomic E-state index is 10.9. The molecule has 0 radical (unpaired) electrons. The molecule has 0 bridgehead atoms. The van der Waals surface area contributed by atoms with E-state index in [1.165, 1.54) is 19.1 Å². The summed E-state index contributed by atoms with van der Waals surface area (Å²) in [6, 6.07) is 4.67. The molecule has 82 valence electrons. The van der Waals surface area contributed by atoms with Crippen LogP contribution in [0, 0.1) is 0 Å². The van der Waals surface area contributed by atoms with Crippen LogP contribution in [-0.4, -0.2) is 22.1 Å². The Morgan fingerprint density at radius 3 is 2.13 bits per heavy atom. The van der Waals surface area contributed by atoms with Crippen molar-refractivity contribution in [3.05, 3.63) is 33.8 Å². The van der Waals surface area contributed by atoms with Gasteiger partial charge in [-0.05, 0) is 19.1 Å². The highest BCUT2D eigenvalue weighted by molar-refractivity contribution is 6.36. The Bertz CT molecular complexity index is 359. The highest BCUT2D eigenvalue weighted by Gasteiger charge is 2.26. The number of aliphatic hydroxyl groups is 2. The van der Waals surface area contributed by atoms with Crippen molar-refractivity contribution < 1.29 is 15.0 Å². The van der Waals surface area contributed by atoms with E-state index in [9.17, 15) is 15.0 Å². The Balaban J connectivity index is 3.10. The van der Waals surface area contributed by atoms with Crippen molar-refractivity contribution in [1.82, 2.24) is 0 Å². The molecule has 1 aromatic carbocycles. The fourth-order valence-electron chi connectivity index (χ4n) is 1.17. The third-order valence-electron chi connectivity index (χ3n) is 2.01. The van der Waals surface area contributed by atoms with Crippen molar-refractivity contribution >= 4 is 29.0 Å². The summed E-state index contributed by atoms with van der Waals surface area (Å²) in [5, 5.41) is 19.5. The molecule has 0 fully saturated rings. The zero-order valence-electron chi connectivity index (χ0n) is 7.95. The molecule has 0 aliphatic carbocycles. The van der Waals surface area contributed by atoms with Crippen LogP contribution in [0.4, 0.5) is 0 Å². The normalized spacial score (nSPS) is 14.7. The van der Waals surface area contributed by atoms with E-state index in [1.54, 1.807) is 6.07 Å². The molecular formula is C10H10Cl2O3. The summed E-state index contributed by atoms with van der Waals surface area (Å²) in [6.45, 7) is 1.18. The van der Waals surface area contributed by atoms with Gasteiger partial charge in [-0.2, -0.15) is 0 Å². The lowest BCUT2D eigenvalue weighted by molar-refractivity contribution is -0.130. The highest BCUT2D eigenvalue weighted by Crippen LogP contribution is 2.32. The number of carbonyl (C=O) groups excluding carboxylic acids is 1. The van der Waals surface area contributed by atoms with E-state index in [4.69, 9.17) is 23.2 Å². The molecule has 0 unspecified atom stereocenters. The fraction of sp³-hybridized carbons (Fsp3) is 0.300. The van der Waals surface area contributed by atoms with E-state index in [2.05, 4.69) is 0 Å². The number of aliphatic hydroxyl groups excluding tert-OH is 2. The van der Waals surface area contributed by atoms with Gasteiger partial charge >= 0.3 is 0 Å². The van der Waals surface area contributed by atoms with E-state index < -0.39 is 18.0 Å². The first-order valence-corrected chi connectivity index (χ1v) is 5.01. The molecule has 1 rings (SSSR count). The predicted octanol–water partition coefficient (Wildman–Crippen LogP) is 1.98. The summed E-state index contributed by atoms with van der Waals surface area (Å²) in [6.07, 6.45) is -2.91. The van der Waals surface area contributed by atoms with E-state index in [-0.39, 0.29) is 15.6 Å². The number of hydrogen-bond acceptors (Lipinski definition) is 3. The number of halogens is 2. The summed E-state index contributed by atoms with van der Waals surface area (Å²) < 4.78 is 0. The minimum Gasteiger partial charge on any atom is -0.385 e. The van der Waals surface area contributed by atoms with Crippen LogP contribution in [0.25, 0.3) is 0 Å². The molecule has 5 heteroatoms. The van der Waals surface area contributed by atoms with Crippen LogP contribution in [0.3, 0.4) is 0 Å². The van der Waals surface area contributed by atoms with Crippen LogP contribution in [-0.2, 0) is 4.79 Å². The zero-order chi connectivity index (χ0) is 11.6. The molecule has 0 aliphatic heterocycles. The molecule has 2 atom stereocenters. The van der Waals surface area contributed by atoms with Crippen molar-refractivity contribution in [3.8, 4) is 0 Å². The molecule has 0 amide bonds. The maximum atomic E-state index is 10.9. The highest BCUT2D eigenvalue weighted by atomic mass is 35.5. The van der Waals surface area contributed by atoms with Crippen molar-refractivity contribution in [2.45, 2.75) is 19.1 Å². The Labute approximate surface area is 97.2 Å². The van der Waals surface area contributed by atoms with Crippen LogP contribution in [0.1, 0.15) is 18.6 Å². The van der Waals surface area contributed by atoms with Crippen LogP contribution in [0.2, 0.25) is 10.0 Å². The summed E-state index contributed by atoms with van der Waals surface area (Å²) in [5.41, 5.74) is 0.170. The average Bonchev–Trinajstić information content (AvgIpc) is 2.15. The Hall–Kier alpha value is -0.610. The molecule has 0 heterocycles. The lowest BCUT2D eigenvalue weighted by Gasteiger charge is -2.17. The molecule has 2 N–H and O–H groups in total. The minimum atomic E-state index is -1.51. The second kappa shape index (κ2) is 4.94. The van der Waals surface area contributed by atoms with Crippen LogP contribution >= 0.6 is 23.2 Å². The Morgan fingerprint density at radius 2 is 1.73 bits per heavy atom. The van der Waals surface area contributed by atoms with Gasteiger partial charge in [0.1, 0.15) is 12.2 Å². The quantitative estimate of drug-likeness (QED) is 0.861. The molecular weight excluding hydrogens is 239 g/mol. The fourth-order valence-corrected chi connectivity index (χ4v) is 1.79. The maximum Gasteiger partial charge on any atom is 0.161 e. The Kier molecular flexibility index (Phi) is 4.11. The van der Waals surface area contributed by atoms with Gasteiger partial charge in [0.05, 0.1) is 0 Å². The van der Waals surface area contributed by atoms with Crippen molar-refractivity contribution in [2.24, 2.45) is 0 Å². The lowest BCUT2D eigenvalue weighted by Crippen LogP contribution is -2.26. The van der Waals surface area contributed by atoms with Gasteiger partial charge in [0, 0.05) is 15.6 Å². The van der Waals surface area contributed by atoms with Gasteiger partial charge in [0.25, 0.3) is 0 Å². The van der Waals surface area contributed by atoms with Gasteiger partial charge in [0.15, 0.2) is 5.78 Å². The molecule has 0 saturated heterocycles. The van der Waals surface area contributed by atoms with Crippen molar-refractivity contribution in [1.29, 1.82) is 0 Å². The minimum absolute atomic E-state index is 0.170. The van der Waals surface area contributed by atoms with Gasteiger partial charge in [-0.15, -0.1) is 0 Å². The number of ketones is 1. The predicted molar refractivity (Wildman–Crippen MR) is 58.1 cm³/mol.